The van der Waals surface area contributed by atoms with E-state index in [0.717, 1.165) is 48.1 Å². The zero-order valence-corrected chi connectivity index (χ0v) is 15.3. The summed E-state index contributed by atoms with van der Waals surface area (Å²) < 4.78 is 5.11. The SMILES string of the molecule is CCOC(=O)C1CC[NH+](CC(=O)c2c(C)[nH]c3cc(C)ccc23)CC1. The number of esters is 1. The smallest absolute Gasteiger partial charge is 0.309 e. The van der Waals surface area contributed by atoms with Gasteiger partial charge >= 0.3 is 5.97 Å². The summed E-state index contributed by atoms with van der Waals surface area (Å²) in [7, 11) is 0. The summed E-state index contributed by atoms with van der Waals surface area (Å²) in [6, 6.07) is 6.16. The molecule has 1 saturated heterocycles. The second-order valence-electron chi connectivity index (χ2n) is 7.05. The molecule has 1 aliphatic heterocycles. The van der Waals surface area contributed by atoms with Crippen LogP contribution in [0.2, 0.25) is 0 Å². The minimum Gasteiger partial charge on any atom is -0.466 e. The van der Waals surface area contributed by atoms with Gasteiger partial charge in [-0.3, -0.25) is 9.59 Å². The lowest BCUT2D eigenvalue weighted by molar-refractivity contribution is -0.897. The molecule has 0 unspecified atom stereocenters. The fourth-order valence-electron chi connectivity index (χ4n) is 3.82. The first-order valence-corrected chi connectivity index (χ1v) is 9.12. The van der Waals surface area contributed by atoms with Gasteiger partial charge in [0.05, 0.1) is 31.2 Å². The molecule has 0 atom stereocenters. The number of piperidine rings is 1. The number of benzene rings is 1. The third-order valence-electron chi connectivity index (χ3n) is 5.14. The Kier molecular flexibility index (Phi) is 5.23. The fraction of sp³-hybridized carbons (Fsp3) is 0.500. The molecule has 0 radical (unpaired) electrons. The number of aromatic nitrogens is 1. The van der Waals surface area contributed by atoms with Crippen LogP contribution in [-0.4, -0.2) is 43.0 Å². The molecular formula is C20H27N2O3+. The Morgan fingerprint density at radius 1 is 1.24 bits per heavy atom. The summed E-state index contributed by atoms with van der Waals surface area (Å²) in [6.07, 6.45) is 1.60. The Hall–Kier alpha value is -2.14. The summed E-state index contributed by atoms with van der Waals surface area (Å²) in [5.41, 5.74) is 3.96. The van der Waals surface area contributed by atoms with Crippen molar-refractivity contribution in [3.63, 3.8) is 0 Å². The number of ketones is 1. The van der Waals surface area contributed by atoms with Gasteiger partial charge in [0.2, 0.25) is 5.78 Å². The van der Waals surface area contributed by atoms with Crippen LogP contribution in [0.4, 0.5) is 0 Å². The number of fused-ring (bicyclic) bond motifs is 1. The number of rotatable bonds is 5. The zero-order chi connectivity index (χ0) is 18.0. The molecule has 2 heterocycles. The van der Waals surface area contributed by atoms with Gasteiger partial charge in [0.1, 0.15) is 6.54 Å². The van der Waals surface area contributed by atoms with E-state index in [4.69, 9.17) is 4.74 Å². The van der Waals surface area contributed by atoms with Gasteiger partial charge < -0.3 is 14.6 Å². The molecule has 3 rings (SSSR count). The van der Waals surface area contributed by atoms with Gasteiger partial charge in [-0.15, -0.1) is 0 Å². The molecule has 0 amide bonds. The number of nitrogens with one attached hydrogen (secondary N) is 2. The lowest BCUT2D eigenvalue weighted by Gasteiger charge is -2.27. The Bertz CT molecular complexity index is 786. The molecule has 0 aliphatic carbocycles. The number of quaternary nitrogens is 1. The summed E-state index contributed by atoms with van der Waals surface area (Å²) >= 11 is 0. The highest BCUT2D eigenvalue weighted by atomic mass is 16.5. The van der Waals surface area contributed by atoms with E-state index in [2.05, 4.69) is 18.0 Å². The van der Waals surface area contributed by atoms with Gasteiger partial charge in [0.15, 0.2) is 0 Å². The van der Waals surface area contributed by atoms with Crippen LogP contribution in [0.3, 0.4) is 0 Å². The van der Waals surface area contributed by atoms with Crippen molar-refractivity contribution < 1.29 is 19.2 Å². The van der Waals surface area contributed by atoms with Crippen molar-refractivity contribution in [1.82, 2.24) is 4.98 Å². The molecular weight excluding hydrogens is 316 g/mol. The van der Waals surface area contributed by atoms with E-state index >= 15 is 0 Å². The molecule has 134 valence electrons. The maximum absolute atomic E-state index is 12.9. The average molecular weight is 343 g/mol. The molecule has 1 aromatic heterocycles. The van der Waals surface area contributed by atoms with E-state index < -0.39 is 0 Å². The fourth-order valence-corrected chi connectivity index (χ4v) is 3.82. The number of aromatic amines is 1. The second-order valence-corrected chi connectivity index (χ2v) is 7.05. The van der Waals surface area contributed by atoms with Gasteiger partial charge in [-0.2, -0.15) is 0 Å². The predicted molar refractivity (Wildman–Crippen MR) is 97.0 cm³/mol. The molecule has 5 nitrogen and oxygen atoms in total. The van der Waals surface area contributed by atoms with Crippen molar-refractivity contribution in [2.75, 3.05) is 26.2 Å². The number of carbonyl (C=O) groups is 2. The van der Waals surface area contributed by atoms with Crippen molar-refractivity contribution >= 4 is 22.7 Å². The van der Waals surface area contributed by atoms with Crippen molar-refractivity contribution in [1.29, 1.82) is 0 Å². The van der Waals surface area contributed by atoms with Gasteiger partial charge in [0, 0.05) is 29.4 Å². The largest absolute Gasteiger partial charge is 0.466 e. The number of hydrogen-bond donors (Lipinski definition) is 2. The topological polar surface area (TPSA) is 63.6 Å². The van der Waals surface area contributed by atoms with Crippen LogP contribution >= 0.6 is 0 Å². The summed E-state index contributed by atoms with van der Waals surface area (Å²) in [4.78, 5) is 29.3. The molecule has 1 aromatic carbocycles. The number of carbonyl (C=O) groups excluding carboxylic acids is 2. The minimum absolute atomic E-state index is 0.00315. The third-order valence-corrected chi connectivity index (χ3v) is 5.14. The van der Waals surface area contributed by atoms with Gasteiger partial charge in [-0.1, -0.05) is 12.1 Å². The van der Waals surface area contributed by atoms with Crippen molar-refractivity contribution in [3.05, 3.63) is 35.0 Å². The standard InChI is InChI=1S/C20H26N2O3/c1-4-25-20(24)15-7-9-22(10-8-15)12-18(23)19-14(3)21-17-11-13(2)5-6-16(17)19/h5-6,11,15,21H,4,7-10,12H2,1-3H3/p+1. The number of Topliss-reactive ketones (excluding diaryl/α,β-unsaturated/α-hetero) is 1. The number of aryl methyl sites for hydroxylation is 2. The Labute approximate surface area is 148 Å². The monoisotopic (exact) mass is 343 g/mol. The summed E-state index contributed by atoms with van der Waals surface area (Å²) in [5, 5.41) is 1.01. The molecule has 0 spiro atoms. The molecule has 0 bridgehead atoms. The molecule has 25 heavy (non-hydrogen) atoms. The van der Waals surface area contributed by atoms with Crippen molar-refractivity contribution in [2.45, 2.75) is 33.6 Å². The van der Waals surface area contributed by atoms with E-state index in [1.165, 1.54) is 10.5 Å². The van der Waals surface area contributed by atoms with Gasteiger partial charge in [-0.25, -0.2) is 0 Å². The first-order chi connectivity index (χ1) is 12.0. The molecule has 2 N–H and O–H groups in total. The van der Waals surface area contributed by atoms with Crippen LogP contribution in [0.5, 0.6) is 0 Å². The van der Waals surface area contributed by atoms with Gasteiger partial charge in [0.25, 0.3) is 0 Å². The Balaban J connectivity index is 1.66. The van der Waals surface area contributed by atoms with E-state index in [0.29, 0.717) is 13.2 Å². The number of H-pyrrole nitrogens is 1. The van der Waals surface area contributed by atoms with Crippen molar-refractivity contribution in [2.24, 2.45) is 5.92 Å². The van der Waals surface area contributed by atoms with Crippen molar-refractivity contribution in [3.8, 4) is 0 Å². The molecule has 0 saturated carbocycles. The van der Waals surface area contributed by atoms with Crippen LogP contribution < -0.4 is 4.90 Å². The van der Waals surface area contributed by atoms with E-state index in [9.17, 15) is 9.59 Å². The van der Waals surface area contributed by atoms with E-state index in [1.54, 1.807) is 0 Å². The van der Waals surface area contributed by atoms with E-state index in [1.807, 2.05) is 26.0 Å². The molecule has 1 fully saturated rings. The average Bonchev–Trinajstić information content (AvgIpc) is 2.90. The number of ether oxygens (including phenoxy) is 1. The van der Waals surface area contributed by atoms with Crippen LogP contribution in [0, 0.1) is 19.8 Å². The van der Waals surface area contributed by atoms with Crippen LogP contribution in [0.1, 0.15) is 41.4 Å². The highest BCUT2D eigenvalue weighted by Gasteiger charge is 2.30. The minimum atomic E-state index is -0.0873. The first-order valence-electron chi connectivity index (χ1n) is 9.12. The van der Waals surface area contributed by atoms with Crippen LogP contribution in [0.25, 0.3) is 10.9 Å². The highest BCUT2D eigenvalue weighted by Crippen LogP contribution is 2.23. The van der Waals surface area contributed by atoms with Gasteiger partial charge in [-0.05, 0) is 32.4 Å². The highest BCUT2D eigenvalue weighted by molar-refractivity contribution is 6.09. The number of hydrogen-bond acceptors (Lipinski definition) is 3. The first kappa shape index (κ1) is 17.7. The Morgan fingerprint density at radius 2 is 1.96 bits per heavy atom. The molecule has 5 heteroatoms. The molecule has 1 aliphatic rings. The quantitative estimate of drug-likeness (QED) is 0.643. The second kappa shape index (κ2) is 7.40. The third kappa shape index (κ3) is 3.76. The lowest BCUT2D eigenvalue weighted by Crippen LogP contribution is -3.14. The molecule has 2 aromatic rings. The Morgan fingerprint density at radius 3 is 2.64 bits per heavy atom. The maximum atomic E-state index is 12.9. The predicted octanol–water partition coefficient (Wildman–Crippen LogP) is 1.83. The number of likely N-dealkylation sites (tertiary alicyclic amines) is 1. The summed E-state index contributed by atoms with van der Waals surface area (Å²) in [6.45, 7) is 8.45. The van der Waals surface area contributed by atoms with E-state index in [-0.39, 0.29) is 17.7 Å². The van der Waals surface area contributed by atoms with Crippen LogP contribution in [-0.2, 0) is 9.53 Å². The maximum Gasteiger partial charge on any atom is 0.309 e. The zero-order valence-electron chi connectivity index (χ0n) is 15.3. The normalized spacial score (nSPS) is 20.6. The van der Waals surface area contributed by atoms with Crippen LogP contribution in [0.15, 0.2) is 18.2 Å². The lowest BCUT2D eigenvalue weighted by atomic mass is 9.96. The summed E-state index contributed by atoms with van der Waals surface area (Å²) in [5.74, 6) is 0.0875.